The molecule has 0 saturated carbocycles. The summed E-state index contributed by atoms with van der Waals surface area (Å²) in [5.74, 6) is 1.90. The Hall–Kier alpha value is -1.06. The Kier molecular flexibility index (Phi) is 2.81. The summed E-state index contributed by atoms with van der Waals surface area (Å²) >= 11 is 7.84. The molecule has 0 fully saturated rings. The number of hydrogen-bond donors (Lipinski definition) is 0. The highest BCUT2D eigenvalue weighted by Crippen LogP contribution is 2.33. The smallest absolute Gasteiger partial charge is 0.159 e. The molecule has 2 heterocycles. The second kappa shape index (κ2) is 4.31. The second-order valence-corrected chi connectivity index (χ2v) is 5.56. The molecule has 17 heavy (non-hydrogen) atoms. The lowest BCUT2D eigenvalue weighted by atomic mass is 10.2. The molecule has 0 atom stereocenters. The van der Waals surface area contributed by atoms with Gasteiger partial charge in [-0.05, 0) is 19.1 Å². The SMILES string of the molecule is Cc1nc(-c2cccc(Cl)c2)nc2c1SCC2. The summed E-state index contributed by atoms with van der Waals surface area (Å²) < 4.78 is 0. The highest BCUT2D eigenvalue weighted by Gasteiger charge is 2.18. The van der Waals surface area contributed by atoms with Gasteiger partial charge in [0.15, 0.2) is 5.82 Å². The molecule has 0 bridgehead atoms. The summed E-state index contributed by atoms with van der Waals surface area (Å²) in [4.78, 5) is 10.5. The quantitative estimate of drug-likeness (QED) is 0.783. The molecule has 0 radical (unpaired) electrons. The van der Waals surface area contributed by atoms with Gasteiger partial charge in [0, 0.05) is 22.8 Å². The molecule has 1 aromatic carbocycles. The van der Waals surface area contributed by atoms with Crippen LogP contribution in [0, 0.1) is 6.92 Å². The fraction of sp³-hybridized carbons (Fsp3) is 0.231. The number of halogens is 1. The average molecular weight is 263 g/mol. The normalized spacial score (nSPS) is 13.8. The van der Waals surface area contributed by atoms with Gasteiger partial charge < -0.3 is 0 Å². The zero-order chi connectivity index (χ0) is 11.8. The molecule has 3 rings (SSSR count). The van der Waals surface area contributed by atoms with Crippen molar-refractivity contribution in [3.8, 4) is 11.4 Å². The van der Waals surface area contributed by atoms with E-state index in [1.165, 1.54) is 10.6 Å². The highest BCUT2D eigenvalue weighted by atomic mass is 35.5. The van der Waals surface area contributed by atoms with Crippen molar-refractivity contribution in [2.45, 2.75) is 18.2 Å². The molecule has 0 spiro atoms. The minimum absolute atomic E-state index is 0.721. The van der Waals surface area contributed by atoms with Crippen LogP contribution in [0.3, 0.4) is 0 Å². The molecule has 2 nitrogen and oxygen atoms in total. The van der Waals surface area contributed by atoms with Crippen molar-refractivity contribution in [2.24, 2.45) is 0 Å². The first-order chi connectivity index (χ1) is 8.24. The molecule has 86 valence electrons. The number of benzene rings is 1. The van der Waals surface area contributed by atoms with Crippen LogP contribution in [0.5, 0.6) is 0 Å². The topological polar surface area (TPSA) is 25.8 Å². The molecule has 4 heteroatoms. The van der Waals surface area contributed by atoms with E-state index in [4.69, 9.17) is 11.6 Å². The zero-order valence-corrected chi connectivity index (χ0v) is 11.0. The van der Waals surface area contributed by atoms with Gasteiger partial charge >= 0.3 is 0 Å². The van der Waals surface area contributed by atoms with Gasteiger partial charge in [-0.1, -0.05) is 23.7 Å². The Morgan fingerprint density at radius 1 is 1.29 bits per heavy atom. The van der Waals surface area contributed by atoms with Crippen molar-refractivity contribution < 1.29 is 0 Å². The van der Waals surface area contributed by atoms with E-state index in [0.717, 1.165) is 34.3 Å². The summed E-state index contributed by atoms with van der Waals surface area (Å²) in [5.41, 5.74) is 3.24. The lowest BCUT2D eigenvalue weighted by Gasteiger charge is -2.06. The summed E-state index contributed by atoms with van der Waals surface area (Å²) in [7, 11) is 0. The van der Waals surface area contributed by atoms with Gasteiger partial charge in [-0.25, -0.2) is 9.97 Å². The molecule has 0 aliphatic carbocycles. The van der Waals surface area contributed by atoms with E-state index in [9.17, 15) is 0 Å². The van der Waals surface area contributed by atoms with Crippen molar-refractivity contribution in [2.75, 3.05) is 5.75 Å². The molecule has 2 aromatic rings. The Morgan fingerprint density at radius 3 is 3.00 bits per heavy atom. The van der Waals surface area contributed by atoms with Gasteiger partial charge in [-0.15, -0.1) is 11.8 Å². The molecule has 0 amide bonds. The Morgan fingerprint density at radius 2 is 2.18 bits per heavy atom. The van der Waals surface area contributed by atoms with E-state index in [2.05, 4.69) is 9.97 Å². The van der Waals surface area contributed by atoms with Crippen LogP contribution in [0.2, 0.25) is 5.02 Å². The molecular formula is C13H11ClN2S. The van der Waals surface area contributed by atoms with Crippen LogP contribution in [0.1, 0.15) is 11.4 Å². The third-order valence-corrected chi connectivity index (χ3v) is 4.24. The zero-order valence-electron chi connectivity index (χ0n) is 9.40. The number of aryl methyl sites for hydroxylation is 2. The van der Waals surface area contributed by atoms with Crippen molar-refractivity contribution in [1.82, 2.24) is 9.97 Å². The number of thioether (sulfide) groups is 1. The summed E-state index contributed by atoms with van der Waals surface area (Å²) in [5, 5.41) is 0.721. The van der Waals surface area contributed by atoms with Crippen LogP contribution in [-0.4, -0.2) is 15.7 Å². The third-order valence-electron chi connectivity index (χ3n) is 2.77. The molecular weight excluding hydrogens is 252 g/mol. The van der Waals surface area contributed by atoms with Crippen molar-refractivity contribution in [3.05, 3.63) is 40.7 Å². The largest absolute Gasteiger partial charge is 0.232 e. The van der Waals surface area contributed by atoms with E-state index in [1.54, 1.807) is 0 Å². The first-order valence-corrected chi connectivity index (χ1v) is 6.86. The molecule has 0 unspecified atom stereocenters. The van der Waals surface area contributed by atoms with Crippen LogP contribution < -0.4 is 0 Å². The van der Waals surface area contributed by atoms with Gasteiger partial charge in [0.1, 0.15) is 0 Å². The van der Waals surface area contributed by atoms with E-state index in [-0.39, 0.29) is 0 Å². The van der Waals surface area contributed by atoms with Gasteiger partial charge in [0.05, 0.1) is 16.3 Å². The van der Waals surface area contributed by atoms with Crippen molar-refractivity contribution in [1.29, 1.82) is 0 Å². The number of fused-ring (bicyclic) bond motifs is 1. The number of aromatic nitrogens is 2. The van der Waals surface area contributed by atoms with Gasteiger partial charge in [0.25, 0.3) is 0 Å². The lowest BCUT2D eigenvalue weighted by Crippen LogP contribution is -1.98. The Labute approximate surface area is 109 Å². The number of nitrogens with zero attached hydrogens (tertiary/aromatic N) is 2. The van der Waals surface area contributed by atoms with Crippen molar-refractivity contribution in [3.63, 3.8) is 0 Å². The fourth-order valence-electron chi connectivity index (χ4n) is 1.99. The van der Waals surface area contributed by atoms with Gasteiger partial charge in [-0.2, -0.15) is 0 Å². The predicted molar refractivity (Wildman–Crippen MR) is 71.6 cm³/mol. The fourth-order valence-corrected chi connectivity index (χ4v) is 3.24. The van der Waals surface area contributed by atoms with E-state index < -0.39 is 0 Å². The van der Waals surface area contributed by atoms with Crippen LogP contribution in [0.15, 0.2) is 29.2 Å². The lowest BCUT2D eigenvalue weighted by molar-refractivity contribution is 0.949. The molecule has 1 aliphatic rings. The van der Waals surface area contributed by atoms with E-state index in [1.807, 2.05) is 43.0 Å². The Balaban J connectivity index is 2.13. The standard InChI is InChI=1S/C13H11ClN2S/c1-8-12-11(5-6-17-12)16-13(15-8)9-3-2-4-10(14)7-9/h2-4,7H,5-6H2,1H3. The summed E-state index contributed by atoms with van der Waals surface area (Å²) in [6, 6.07) is 7.69. The number of rotatable bonds is 1. The molecule has 0 N–H and O–H groups in total. The maximum atomic E-state index is 5.99. The average Bonchev–Trinajstić information content (AvgIpc) is 2.77. The maximum absolute atomic E-state index is 5.99. The third kappa shape index (κ3) is 2.05. The van der Waals surface area contributed by atoms with Gasteiger partial charge in [0.2, 0.25) is 0 Å². The van der Waals surface area contributed by atoms with Crippen molar-refractivity contribution >= 4 is 23.4 Å². The van der Waals surface area contributed by atoms with Crippen LogP contribution >= 0.6 is 23.4 Å². The summed E-state index contributed by atoms with van der Waals surface area (Å²) in [6.45, 7) is 2.05. The minimum Gasteiger partial charge on any atom is -0.232 e. The van der Waals surface area contributed by atoms with Crippen LogP contribution in [-0.2, 0) is 6.42 Å². The summed E-state index contributed by atoms with van der Waals surface area (Å²) in [6.07, 6.45) is 1.04. The van der Waals surface area contributed by atoms with E-state index in [0.29, 0.717) is 0 Å². The van der Waals surface area contributed by atoms with E-state index >= 15 is 0 Å². The molecule has 1 aromatic heterocycles. The molecule has 1 aliphatic heterocycles. The van der Waals surface area contributed by atoms with Crippen LogP contribution in [0.25, 0.3) is 11.4 Å². The minimum atomic E-state index is 0.721. The highest BCUT2D eigenvalue weighted by molar-refractivity contribution is 7.99. The molecule has 0 saturated heterocycles. The first kappa shape index (κ1) is 11.1. The maximum Gasteiger partial charge on any atom is 0.159 e. The monoisotopic (exact) mass is 262 g/mol. The predicted octanol–water partition coefficient (Wildman–Crippen LogP) is 3.75. The van der Waals surface area contributed by atoms with Gasteiger partial charge in [-0.3, -0.25) is 0 Å². The second-order valence-electron chi connectivity index (χ2n) is 4.02. The first-order valence-electron chi connectivity index (χ1n) is 5.50. The Bertz CT molecular complexity index is 584. The van der Waals surface area contributed by atoms with Crippen LogP contribution in [0.4, 0.5) is 0 Å². The number of hydrogen-bond acceptors (Lipinski definition) is 3.